The molecule has 1 saturated heterocycles. The third-order valence-electron chi connectivity index (χ3n) is 3.88. The number of benzene rings is 2. The minimum atomic E-state index is -0.247. The summed E-state index contributed by atoms with van der Waals surface area (Å²) in [4.78, 5) is 14.7. The Bertz CT molecular complexity index is 597. The van der Waals surface area contributed by atoms with Crippen LogP contribution in [-0.4, -0.2) is 17.4 Å². The molecule has 2 aromatic rings. The zero-order valence-electron chi connectivity index (χ0n) is 12.2. The second kappa shape index (κ2) is 6.10. The van der Waals surface area contributed by atoms with Crippen molar-refractivity contribution in [3.05, 3.63) is 71.8 Å². The molecular formula is C18H20N2O. The van der Waals surface area contributed by atoms with Crippen LogP contribution >= 0.6 is 0 Å². The predicted molar refractivity (Wildman–Crippen MR) is 83.5 cm³/mol. The molecule has 1 aliphatic rings. The lowest BCUT2D eigenvalue weighted by Gasteiger charge is -2.23. The van der Waals surface area contributed by atoms with E-state index in [0.29, 0.717) is 0 Å². The monoisotopic (exact) mass is 280 g/mol. The molecule has 21 heavy (non-hydrogen) atoms. The number of hydrogen-bond acceptors (Lipinski definition) is 2. The lowest BCUT2D eigenvalue weighted by Crippen LogP contribution is -2.30. The van der Waals surface area contributed by atoms with E-state index in [1.807, 2.05) is 53.4 Å². The first-order chi connectivity index (χ1) is 10.3. The van der Waals surface area contributed by atoms with Gasteiger partial charge in [0.05, 0.1) is 0 Å². The van der Waals surface area contributed by atoms with Crippen LogP contribution in [0.1, 0.15) is 36.7 Å². The summed E-state index contributed by atoms with van der Waals surface area (Å²) in [5, 5.41) is 3.48. The fourth-order valence-corrected chi connectivity index (χ4v) is 2.89. The van der Waals surface area contributed by atoms with Gasteiger partial charge in [-0.05, 0) is 17.5 Å². The summed E-state index contributed by atoms with van der Waals surface area (Å²) < 4.78 is 0. The van der Waals surface area contributed by atoms with Crippen LogP contribution in [0.25, 0.3) is 0 Å². The van der Waals surface area contributed by atoms with Crippen LogP contribution in [0.4, 0.5) is 0 Å². The predicted octanol–water partition coefficient (Wildman–Crippen LogP) is 3.27. The first-order valence-corrected chi connectivity index (χ1v) is 7.47. The standard InChI is InChI=1S/C18H20N2O/c1-2-13-20-17(15-11-7-4-8-12-15)19-16(18(20)21)14-9-5-3-6-10-14/h3-12,16-17,19H,2,13H2,1H3. The van der Waals surface area contributed by atoms with Crippen molar-refractivity contribution in [2.75, 3.05) is 6.54 Å². The Morgan fingerprint density at radius 3 is 2.10 bits per heavy atom. The van der Waals surface area contributed by atoms with Crippen molar-refractivity contribution < 1.29 is 4.79 Å². The maximum absolute atomic E-state index is 12.7. The molecule has 1 heterocycles. The van der Waals surface area contributed by atoms with Crippen LogP contribution in [0, 0.1) is 0 Å². The summed E-state index contributed by atoms with van der Waals surface area (Å²) in [6, 6.07) is 19.9. The molecular weight excluding hydrogens is 260 g/mol. The molecule has 2 unspecified atom stereocenters. The summed E-state index contributed by atoms with van der Waals surface area (Å²) in [6.07, 6.45) is 0.919. The molecule has 108 valence electrons. The molecule has 0 radical (unpaired) electrons. The van der Waals surface area contributed by atoms with Gasteiger partial charge < -0.3 is 4.90 Å². The highest BCUT2D eigenvalue weighted by Crippen LogP contribution is 2.32. The van der Waals surface area contributed by atoms with E-state index in [0.717, 1.165) is 24.1 Å². The highest BCUT2D eigenvalue weighted by Gasteiger charge is 2.39. The molecule has 2 aromatic carbocycles. The average Bonchev–Trinajstić information content (AvgIpc) is 2.87. The Morgan fingerprint density at radius 1 is 0.952 bits per heavy atom. The summed E-state index contributed by atoms with van der Waals surface area (Å²) in [7, 11) is 0. The van der Waals surface area contributed by atoms with Gasteiger partial charge in [0, 0.05) is 6.54 Å². The second-order valence-corrected chi connectivity index (χ2v) is 5.36. The van der Waals surface area contributed by atoms with Crippen LogP contribution in [0.5, 0.6) is 0 Å². The van der Waals surface area contributed by atoms with Crippen molar-refractivity contribution in [1.29, 1.82) is 0 Å². The van der Waals surface area contributed by atoms with Gasteiger partial charge in [-0.2, -0.15) is 0 Å². The van der Waals surface area contributed by atoms with Gasteiger partial charge in [0.15, 0.2) is 0 Å². The number of nitrogens with zero attached hydrogens (tertiary/aromatic N) is 1. The number of hydrogen-bond donors (Lipinski definition) is 1. The molecule has 1 fully saturated rings. The van der Waals surface area contributed by atoms with Crippen molar-refractivity contribution in [3.63, 3.8) is 0 Å². The fraction of sp³-hybridized carbons (Fsp3) is 0.278. The Labute approximate surface area is 125 Å². The van der Waals surface area contributed by atoms with Crippen molar-refractivity contribution >= 4 is 5.91 Å². The minimum Gasteiger partial charge on any atom is -0.321 e. The first kappa shape index (κ1) is 13.8. The first-order valence-electron chi connectivity index (χ1n) is 7.47. The van der Waals surface area contributed by atoms with E-state index in [-0.39, 0.29) is 18.1 Å². The Kier molecular flexibility index (Phi) is 4.02. The molecule has 3 heteroatoms. The van der Waals surface area contributed by atoms with Gasteiger partial charge in [0.1, 0.15) is 12.2 Å². The normalized spacial score (nSPS) is 21.8. The summed E-state index contributed by atoms with van der Waals surface area (Å²) in [6.45, 7) is 2.87. The molecule has 1 N–H and O–H groups in total. The van der Waals surface area contributed by atoms with Crippen molar-refractivity contribution in [2.24, 2.45) is 0 Å². The van der Waals surface area contributed by atoms with Gasteiger partial charge in [-0.15, -0.1) is 0 Å². The average molecular weight is 280 g/mol. The number of rotatable bonds is 4. The van der Waals surface area contributed by atoms with Gasteiger partial charge in [0.2, 0.25) is 5.91 Å². The molecule has 0 bridgehead atoms. The van der Waals surface area contributed by atoms with E-state index in [1.54, 1.807) is 0 Å². The number of nitrogens with one attached hydrogen (secondary N) is 1. The Hall–Kier alpha value is -2.13. The van der Waals surface area contributed by atoms with Gasteiger partial charge in [0.25, 0.3) is 0 Å². The molecule has 3 nitrogen and oxygen atoms in total. The van der Waals surface area contributed by atoms with Crippen molar-refractivity contribution in [2.45, 2.75) is 25.6 Å². The van der Waals surface area contributed by atoms with E-state index in [2.05, 4.69) is 24.4 Å². The quantitative estimate of drug-likeness (QED) is 0.932. The van der Waals surface area contributed by atoms with Crippen molar-refractivity contribution in [1.82, 2.24) is 10.2 Å². The van der Waals surface area contributed by atoms with Gasteiger partial charge >= 0.3 is 0 Å². The third kappa shape index (κ3) is 2.69. The second-order valence-electron chi connectivity index (χ2n) is 5.36. The summed E-state index contributed by atoms with van der Waals surface area (Å²) >= 11 is 0. The number of carbonyl (C=O) groups is 1. The van der Waals surface area contributed by atoms with E-state index < -0.39 is 0 Å². The molecule has 0 aliphatic carbocycles. The molecule has 0 spiro atoms. The topological polar surface area (TPSA) is 32.3 Å². The lowest BCUT2D eigenvalue weighted by atomic mass is 10.1. The minimum absolute atomic E-state index is 0.0381. The van der Waals surface area contributed by atoms with E-state index >= 15 is 0 Å². The van der Waals surface area contributed by atoms with Crippen LogP contribution in [0.15, 0.2) is 60.7 Å². The van der Waals surface area contributed by atoms with Gasteiger partial charge in [-0.25, -0.2) is 0 Å². The summed E-state index contributed by atoms with van der Waals surface area (Å²) in [5.74, 6) is 0.164. The molecule has 1 amide bonds. The highest BCUT2D eigenvalue weighted by atomic mass is 16.2. The smallest absolute Gasteiger partial charge is 0.245 e. The maximum Gasteiger partial charge on any atom is 0.245 e. The summed E-state index contributed by atoms with van der Waals surface area (Å²) in [5.41, 5.74) is 2.17. The fourth-order valence-electron chi connectivity index (χ4n) is 2.89. The number of amides is 1. The largest absolute Gasteiger partial charge is 0.321 e. The molecule has 1 aliphatic heterocycles. The lowest BCUT2D eigenvalue weighted by molar-refractivity contribution is -0.130. The van der Waals surface area contributed by atoms with Gasteiger partial charge in [-0.1, -0.05) is 67.6 Å². The molecule has 3 rings (SSSR count). The molecule has 2 atom stereocenters. The maximum atomic E-state index is 12.7. The van der Waals surface area contributed by atoms with E-state index in [1.165, 1.54) is 0 Å². The van der Waals surface area contributed by atoms with Gasteiger partial charge in [-0.3, -0.25) is 10.1 Å². The zero-order chi connectivity index (χ0) is 14.7. The molecule has 0 aromatic heterocycles. The third-order valence-corrected chi connectivity index (χ3v) is 3.88. The SMILES string of the molecule is CCCN1C(=O)C(c2ccccc2)NC1c1ccccc1. The zero-order valence-corrected chi connectivity index (χ0v) is 12.2. The van der Waals surface area contributed by atoms with Crippen molar-refractivity contribution in [3.8, 4) is 0 Å². The van der Waals surface area contributed by atoms with E-state index in [4.69, 9.17) is 0 Å². The highest BCUT2D eigenvalue weighted by molar-refractivity contribution is 5.85. The Morgan fingerprint density at radius 2 is 1.52 bits per heavy atom. The van der Waals surface area contributed by atoms with Crippen LogP contribution < -0.4 is 5.32 Å². The van der Waals surface area contributed by atoms with E-state index in [9.17, 15) is 4.79 Å². The van der Waals surface area contributed by atoms with Crippen LogP contribution in [0.2, 0.25) is 0 Å². The Balaban J connectivity index is 1.92. The number of carbonyl (C=O) groups excluding carboxylic acids is 1. The van der Waals surface area contributed by atoms with Crippen LogP contribution in [0.3, 0.4) is 0 Å². The van der Waals surface area contributed by atoms with Crippen LogP contribution in [-0.2, 0) is 4.79 Å². The molecule has 0 saturated carbocycles.